The second kappa shape index (κ2) is 11.0. The first-order chi connectivity index (χ1) is 17.6. The molecule has 0 bridgehead atoms. The zero-order valence-electron chi connectivity index (χ0n) is 20.8. The highest BCUT2D eigenvalue weighted by Crippen LogP contribution is 2.31. The predicted octanol–water partition coefficient (Wildman–Crippen LogP) is 6.32. The van der Waals surface area contributed by atoms with Gasteiger partial charge in [0.25, 0.3) is 0 Å². The van der Waals surface area contributed by atoms with Crippen molar-refractivity contribution in [3.8, 4) is 22.6 Å². The summed E-state index contributed by atoms with van der Waals surface area (Å²) in [6.07, 6.45) is 5.80. The summed E-state index contributed by atoms with van der Waals surface area (Å²) in [6.45, 7) is 6.00. The highest BCUT2D eigenvalue weighted by molar-refractivity contribution is 5.88. The molecule has 0 saturated carbocycles. The van der Waals surface area contributed by atoms with Gasteiger partial charge in [0.15, 0.2) is 0 Å². The predicted molar refractivity (Wildman–Crippen MR) is 144 cm³/mol. The lowest BCUT2D eigenvalue weighted by Gasteiger charge is -2.19. The van der Waals surface area contributed by atoms with Crippen molar-refractivity contribution in [2.24, 2.45) is 0 Å². The Labute approximate surface area is 212 Å². The molecule has 0 atom stereocenters. The van der Waals surface area contributed by atoms with Gasteiger partial charge in [-0.05, 0) is 80.2 Å². The van der Waals surface area contributed by atoms with Crippen LogP contribution in [0.2, 0.25) is 0 Å². The van der Waals surface area contributed by atoms with E-state index in [0.29, 0.717) is 24.2 Å². The highest BCUT2D eigenvalue weighted by Gasteiger charge is 2.17. The number of hydrogen-bond acceptors (Lipinski definition) is 5. The Hall–Kier alpha value is -3.57. The largest absolute Gasteiger partial charge is 0.508 e. The Morgan fingerprint density at radius 1 is 0.917 bits per heavy atom. The van der Waals surface area contributed by atoms with Gasteiger partial charge in [0.05, 0.1) is 5.56 Å². The van der Waals surface area contributed by atoms with Crippen molar-refractivity contribution in [2.75, 3.05) is 26.2 Å². The van der Waals surface area contributed by atoms with Gasteiger partial charge in [0.1, 0.15) is 23.7 Å². The molecule has 4 aromatic rings. The van der Waals surface area contributed by atoms with E-state index in [1.807, 2.05) is 49.4 Å². The molecule has 36 heavy (non-hydrogen) atoms. The number of nitrogens with zero attached hydrogens (tertiary/aromatic N) is 1. The van der Waals surface area contributed by atoms with Crippen LogP contribution in [-0.2, 0) is 6.42 Å². The fourth-order valence-corrected chi connectivity index (χ4v) is 5.01. The fourth-order valence-electron chi connectivity index (χ4n) is 5.01. The molecule has 0 unspecified atom stereocenters. The Morgan fingerprint density at radius 3 is 2.36 bits per heavy atom. The van der Waals surface area contributed by atoms with Crippen LogP contribution in [0.25, 0.3) is 22.1 Å². The number of benzene rings is 3. The molecule has 186 valence electrons. The van der Waals surface area contributed by atoms with Gasteiger partial charge >= 0.3 is 5.63 Å². The zero-order chi connectivity index (χ0) is 24.9. The summed E-state index contributed by atoms with van der Waals surface area (Å²) in [7, 11) is 0. The van der Waals surface area contributed by atoms with E-state index >= 15 is 0 Å². The van der Waals surface area contributed by atoms with E-state index < -0.39 is 5.63 Å². The van der Waals surface area contributed by atoms with Crippen molar-refractivity contribution in [2.45, 2.75) is 39.0 Å². The lowest BCUT2D eigenvalue weighted by molar-refractivity contribution is 0.214. The molecule has 3 aromatic carbocycles. The van der Waals surface area contributed by atoms with Crippen LogP contribution >= 0.6 is 0 Å². The van der Waals surface area contributed by atoms with E-state index in [1.165, 1.54) is 44.8 Å². The number of fused-ring (bicyclic) bond motifs is 1. The molecular weight excluding hydrogens is 450 g/mol. The minimum absolute atomic E-state index is 0.0707. The number of hydrogen-bond donors (Lipinski definition) is 1. The maximum Gasteiger partial charge on any atom is 0.344 e. The van der Waals surface area contributed by atoms with Gasteiger partial charge in [-0.2, -0.15) is 0 Å². The molecular formula is C31H33NO4. The van der Waals surface area contributed by atoms with Gasteiger partial charge in [0, 0.05) is 18.0 Å². The summed E-state index contributed by atoms with van der Waals surface area (Å²) in [5, 5.41) is 10.8. The van der Waals surface area contributed by atoms with Crippen LogP contribution in [0.15, 0.2) is 75.9 Å². The summed E-state index contributed by atoms with van der Waals surface area (Å²) in [5.41, 5.74) is 4.46. The van der Waals surface area contributed by atoms with E-state index in [0.717, 1.165) is 39.9 Å². The number of likely N-dealkylation sites (tertiary alicyclic amines) is 1. The van der Waals surface area contributed by atoms with E-state index in [2.05, 4.69) is 17.0 Å². The third-order valence-electron chi connectivity index (χ3n) is 7.02. The van der Waals surface area contributed by atoms with Crippen LogP contribution in [0.4, 0.5) is 0 Å². The average Bonchev–Trinajstić information content (AvgIpc) is 3.15. The summed E-state index contributed by atoms with van der Waals surface area (Å²) >= 11 is 0. The van der Waals surface area contributed by atoms with E-state index in [4.69, 9.17) is 9.15 Å². The number of ether oxygens (including phenoxy) is 1. The van der Waals surface area contributed by atoms with E-state index in [9.17, 15) is 9.90 Å². The Bertz CT molecular complexity index is 1370. The van der Waals surface area contributed by atoms with Crippen molar-refractivity contribution in [3.05, 3.63) is 93.8 Å². The monoisotopic (exact) mass is 483 g/mol. The van der Waals surface area contributed by atoms with Gasteiger partial charge < -0.3 is 14.3 Å². The van der Waals surface area contributed by atoms with Crippen molar-refractivity contribution in [1.29, 1.82) is 0 Å². The first-order valence-electron chi connectivity index (χ1n) is 12.9. The van der Waals surface area contributed by atoms with E-state index in [-0.39, 0.29) is 5.75 Å². The van der Waals surface area contributed by atoms with E-state index in [1.54, 1.807) is 6.07 Å². The second-order valence-electron chi connectivity index (χ2n) is 9.71. The molecule has 1 N–H and O–H groups in total. The number of aromatic hydroxyl groups is 1. The van der Waals surface area contributed by atoms with Gasteiger partial charge in [-0.1, -0.05) is 54.8 Å². The smallest absolute Gasteiger partial charge is 0.344 e. The molecule has 1 aromatic heterocycles. The maximum absolute atomic E-state index is 13.1. The molecule has 0 aliphatic carbocycles. The lowest BCUT2D eigenvalue weighted by Crippen LogP contribution is -2.29. The van der Waals surface area contributed by atoms with Crippen LogP contribution < -0.4 is 10.4 Å². The first kappa shape index (κ1) is 24.1. The molecule has 5 nitrogen and oxygen atoms in total. The summed E-state index contributed by atoms with van der Waals surface area (Å²) in [6, 6.07) is 21.0. The molecule has 1 fully saturated rings. The summed E-state index contributed by atoms with van der Waals surface area (Å²) in [5.74, 6) is 0.927. The normalized spacial score (nSPS) is 14.6. The SMILES string of the molecule is Cc1ccc(-c2c(Cc3ccc(OCCN4CCCCCC4)cc3)c3ccc(O)cc3oc2=O)cc1. The molecule has 5 rings (SSSR count). The van der Waals surface area contributed by atoms with Crippen LogP contribution in [0.3, 0.4) is 0 Å². The van der Waals surface area contributed by atoms with Gasteiger partial charge in [-0.3, -0.25) is 4.90 Å². The third-order valence-corrected chi connectivity index (χ3v) is 7.02. The van der Waals surface area contributed by atoms with Gasteiger partial charge in [0.2, 0.25) is 0 Å². The molecule has 0 spiro atoms. The van der Waals surface area contributed by atoms with Crippen LogP contribution in [0.5, 0.6) is 11.5 Å². The third kappa shape index (κ3) is 5.63. The average molecular weight is 484 g/mol. The maximum atomic E-state index is 13.1. The standard InChI is InChI=1S/C31H33NO4/c1-22-6-10-24(11-7-22)30-28(27-15-12-25(33)21-29(27)36-31(30)34)20-23-8-13-26(14-9-23)35-19-18-32-16-4-2-3-5-17-32/h6-15,21,33H,2-5,16-20H2,1H3. The quantitative estimate of drug-likeness (QED) is 0.312. The Morgan fingerprint density at radius 2 is 1.64 bits per heavy atom. The molecule has 1 aliphatic heterocycles. The molecule has 5 heteroatoms. The highest BCUT2D eigenvalue weighted by atomic mass is 16.5. The number of phenolic OH excluding ortho intramolecular Hbond substituents is 1. The summed E-state index contributed by atoms with van der Waals surface area (Å²) in [4.78, 5) is 15.6. The van der Waals surface area contributed by atoms with Crippen molar-refractivity contribution < 1.29 is 14.3 Å². The van der Waals surface area contributed by atoms with Gasteiger partial charge in [-0.25, -0.2) is 4.79 Å². The Balaban J connectivity index is 1.38. The number of phenols is 1. The minimum atomic E-state index is -0.402. The van der Waals surface area contributed by atoms with Crippen molar-refractivity contribution in [1.82, 2.24) is 4.90 Å². The fraction of sp³-hybridized carbons (Fsp3) is 0.323. The zero-order valence-corrected chi connectivity index (χ0v) is 20.8. The van der Waals surface area contributed by atoms with Gasteiger partial charge in [-0.15, -0.1) is 0 Å². The van der Waals surface area contributed by atoms with Crippen molar-refractivity contribution in [3.63, 3.8) is 0 Å². The minimum Gasteiger partial charge on any atom is -0.508 e. The number of aryl methyl sites for hydroxylation is 1. The second-order valence-corrected chi connectivity index (χ2v) is 9.71. The van der Waals surface area contributed by atoms with Crippen LogP contribution in [-0.4, -0.2) is 36.2 Å². The van der Waals surface area contributed by atoms with Crippen molar-refractivity contribution >= 4 is 11.0 Å². The molecule has 1 aliphatic rings. The molecule has 0 radical (unpaired) electrons. The number of rotatable bonds is 7. The first-order valence-corrected chi connectivity index (χ1v) is 12.9. The topological polar surface area (TPSA) is 62.9 Å². The summed E-state index contributed by atoms with van der Waals surface area (Å²) < 4.78 is 11.6. The molecule has 0 amide bonds. The van der Waals surface area contributed by atoms with Crippen LogP contribution in [0.1, 0.15) is 42.4 Å². The lowest BCUT2D eigenvalue weighted by atomic mass is 9.93. The molecule has 2 heterocycles. The van der Waals surface area contributed by atoms with Crippen LogP contribution in [0, 0.1) is 6.92 Å². The Kier molecular flexibility index (Phi) is 7.38. The molecule has 1 saturated heterocycles.